The predicted molar refractivity (Wildman–Crippen MR) is 137 cm³/mol. The van der Waals surface area contributed by atoms with Gasteiger partial charge in [0.1, 0.15) is 11.5 Å². The first-order valence-electron chi connectivity index (χ1n) is 11.7. The van der Waals surface area contributed by atoms with E-state index in [1.807, 2.05) is 48.5 Å². The largest absolute Gasteiger partial charge is 0.497 e. The van der Waals surface area contributed by atoms with Crippen LogP contribution in [0.3, 0.4) is 0 Å². The standard InChI is InChI=1S/C29H29N3O3/c1-20-9-11-21(12-10-20)15-24-19-31(18-23-13-14-25(34-2)16-27(23)35-3)29-30-26(17-28(33)32(24)29)22-7-5-4-6-8-22/h4-16,26H,17-19H2,1-3H3/b24-15-/t26-/m0/s1. The molecule has 178 valence electrons. The number of fused-ring (bicyclic) bond motifs is 1. The third-order valence-corrected chi connectivity index (χ3v) is 6.46. The van der Waals surface area contributed by atoms with Crippen molar-refractivity contribution in [3.8, 4) is 11.5 Å². The number of nitrogens with zero attached hydrogens (tertiary/aromatic N) is 3. The molecule has 2 heterocycles. The van der Waals surface area contributed by atoms with Crippen molar-refractivity contribution in [3.05, 3.63) is 101 Å². The highest BCUT2D eigenvalue weighted by Gasteiger charge is 2.40. The molecule has 0 spiro atoms. The molecule has 0 N–H and O–H groups in total. The molecule has 0 saturated carbocycles. The lowest BCUT2D eigenvalue weighted by Gasteiger charge is -2.29. The van der Waals surface area contributed by atoms with Gasteiger partial charge in [-0.25, -0.2) is 4.99 Å². The molecule has 0 unspecified atom stereocenters. The first-order valence-corrected chi connectivity index (χ1v) is 11.7. The maximum absolute atomic E-state index is 13.5. The van der Waals surface area contributed by atoms with Crippen LogP contribution in [-0.2, 0) is 11.3 Å². The number of carbonyl (C=O) groups excluding carboxylic acids is 1. The van der Waals surface area contributed by atoms with Crippen LogP contribution in [0.2, 0.25) is 0 Å². The third kappa shape index (κ3) is 4.64. The van der Waals surface area contributed by atoms with Crippen molar-refractivity contribution in [3.63, 3.8) is 0 Å². The molecule has 6 heteroatoms. The summed E-state index contributed by atoms with van der Waals surface area (Å²) in [6, 6.07) is 24.0. The molecule has 1 saturated heterocycles. The van der Waals surface area contributed by atoms with Crippen LogP contribution in [0.15, 0.2) is 83.5 Å². The van der Waals surface area contributed by atoms with Gasteiger partial charge in [0, 0.05) is 23.9 Å². The van der Waals surface area contributed by atoms with Crippen LogP contribution in [0.5, 0.6) is 11.5 Å². The summed E-state index contributed by atoms with van der Waals surface area (Å²) in [7, 11) is 3.30. The van der Waals surface area contributed by atoms with E-state index in [0.29, 0.717) is 25.5 Å². The summed E-state index contributed by atoms with van der Waals surface area (Å²) in [5, 5.41) is 0. The summed E-state index contributed by atoms with van der Waals surface area (Å²) in [6.07, 6.45) is 2.43. The summed E-state index contributed by atoms with van der Waals surface area (Å²) < 4.78 is 11.0. The van der Waals surface area contributed by atoms with Gasteiger partial charge in [0.25, 0.3) is 0 Å². The van der Waals surface area contributed by atoms with Crippen LogP contribution in [0.4, 0.5) is 0 Å². The minimum absolute atomic E-state index is 0.0615. The molecule has 3 aromatic rings. The topological polar surface area (TPSA) is 54.4 Å². The van der Waals surface area contributed by atoms with E-state index in [2.05, 4.69) is 42.2 Å². The quantitative estimate of drug-likeness (QED) is 0.500. The number of carbonyl (C=O) groups is 1. The van der Waals surface area contributed by atoms with Crippen molar-refractivity contribution < 1.29 is 14.3 Å². The molecule has 35 heavy (non-hydrogen) atoms. The highest BCUT2D eigenvalue weighted by Crippen LogP contribution is 2.35. The molecule has 0 aliphatic carbocycles. The number of hydrogen-bond acceptors (Lipinski definition) is 5. The van der Waals surface area contributed by atoms with E-state index in [1.165, 1.54) is 5.56 Å². The fraction of sp³-hybridized carbons (Fsp3) is 0.241. The Balaban J connectivity index is 1.54. The van der Waals surface area contributed by atoms with Gasteiger partial charge in [0.15, 0.2) is 0 Å². The molecule has 0 radical (unpaired) electrons. The highest BCUT2D eigenvalue weighted by atomic mass is 16.5. The molecule has 1 fully saturated rings. The Labute approximate surface area is 206 Å². The van der Waals surface area contributed by atoms with E-state index < -0.39 is 0 Å². The van der Waals surface area contributed by atoms with Gasteiger partial charge in [-0.05, 0) is 36.3 Å². The first kappa shape index (κ1) is 22.7. The lowest BCUT2D eigenvalue weighted by atomic mass is 10.0. The molecule has 6 nitrogen and oxygen atoms in total. The molecule has 1 amide bonds. The Morgan fingerprint density at radius 3 is 2.49 bits per heavy atom. The Kier molecular flexibility index (Phi) is 6.27. The summed E-state index contributed by atoms with van der Waals surface area (Å²) in [6.45, 7) is 3.21. The maximum Gasteiger partial charge on any atom is 0.236 e. The number of methoxy groups -OCH3 is 2. The highest BCUT2D eigenvalue weighted by molar-refractivity contribution is 6.04. The fourth-order valence-corrected chi connectivity index (χ4v) is 4.61. The normalized spacial score (nSPS) is 18.5. The van der Waals surface area contributed by atoms with Gasteiger partial charge in [-0.3, -0.25) is 9.69 Å². The van der Waals surface area contributed by atoms with E-state index in [1.54, 1.807) is 19.1 Å². The van der Waals surface area contributed by atoms with Crippen LogP contribution in [0, 0.1) is 6.92 Å². The summed E-state index contributed by atoms with van der Waals surface area (Å²) >= 11 is 0. The zero-order valence-corrected chi connectivity index (χ0v) is 20.3. The van der Waals surface area contributed by atoms with Crippen LogP contribution in [-0.4, -0.2) is 42.4 Å². The van der Waals surface area contributed by atoms with Gasteiger partial charge in [-0.1, -0.05) is 60.2 Å². The predicted octanol–water partition coefficient (Wildman–Crippen LogP) is 5.20. The minimum atomic E-state index is -0.200. The molecule has 0 bridgehead atoms. The lowest BCUT2D eigenvalue weighted by Crippen LogP contribution is -2.41. The minimum Gasteiger partial charge on any atom is -0.497 e. The summed E-state index contributed by atoms with van der Waals surface area (Å²) in [5.41, 5.74) is 5.24. The molecule has 2 aliphatic rings. The number of rotatable bonds is 6. The third-order valence-electron chi connectivity index (χ3n) is 6.46. The smallest absolute Gasteiger partial charge is 0.236 e. The number of benzene rings is 3. The first-order chi connectivity index (χ1) is 17.1. The van der Waals surface area contributed by atoms with Crippen molar-refractivity contribution in [2.45, 2.75) is 25.9 Å². The van der Waals surface area contributed by atoms with Gasteiger partial charge in [0.05, 0.1) is 33.2 Å². The lowest BCUT2D eigenvalue weighted by molar-refractivity contribution is -0.126. The SMILES string of the molecule is COc1ccc(CN2C/C(=C/c3ccc(C)cc3)N3C(=O)C[C@@H](c4ccccc4)N=C23)c(OC)c1. The van der Waals surface area contributed by atoms with Gasteiger partial charge in [-0.15, -0.1) is 0 Å². The zero-order valence-electron chi connectivity index (χ0n) is 20.3. The Morgan fingerprint density at radius 1 is 1.00 bits per heavy atom. The van der Waals surface area contributed by atoms with Crippen molar-refractivity contribution >= 4 is 17.9 Å². The maximum atomic E-state index is 13.5. The second-order valence-corrected chi connectivity index (χ2v) is 8.87. The fourth-order valence-electron chi connectivity index (χ4n) is 4.61. The molecule has 5 rings (SSSR count). The van der Waals surface area contributed by atoms with Crippen LogP contribution in [0.25, 0.3) is 6.08 Å². The van der Waals surface area contributed by atoms with E-state index >= 15 is 0 Å². The van der Waals surface area contributed by atoms with Crippen molar-refractivity contribution in [1.82, 2.24) is 9.80 Å². The van der Waals surface area contributed by atoms with Crippen molar-refractivity contribution in [1.29, 1.82) is 0 Å². The molecule has 2 aliphatic heterocycles. The molecular formula is C29H29N3O3. The molecule has 3 aromatic carbocycles. The molecular weight excluding hydrogens is 438 g/mol. The average molecular weight is 468 g/mol. The summed E-state index contributed by atoms with van der Waals surface area (Å²) in [4.78, 5) is 22.5. The zero-order chi connectivity index (χ0) is 24.4. The number of aliphatic imine (C=N–C) groups is 1. The number of guanidine groups is 1. The monoisotopic (exact) mass is 467 g/mol. The van der Waals surface area contributed by atoms with Crippen LogP contribution >= 0.6 is 0 Å². The van der Waals surface area contributed by atoms with Crippen molar-refractivity contribution in [2.75, 3.05) is 20.8 Å². The molecule has 0 aromatic heterocycles. The van der Waals surface area contributed by atoms with E-state index in [-0.39, 0.29) is 11.9 Å². The number of ether oxygens (including phenoxy) is 2. The van der Waals surface area contributed by atoms with Gasteiger partial charge in [-0.2, -0.15) is 0 Å². The Morgan fingerprint density at radius 2 is 1.77 bits per heavy atom. The van der Waals surface area contributed by atoms with Gasteiger partial charge >= 0.3 is 0 Å². The number of hydrogen-bond donors (Lipinski definition) is 0. The number of aryl methyl sites for hydroxylation is 1. The molecule has 1 atom stereocenters. The Hall–Kier alpha value is -4.06. The summed E-state index contributed by atoms with van der Waals surface area (Å²) in [5.74, 6) is 2.23. The van der Waals surface area contributed by atoms with Crippen LogP contribution in [0.1, 0.15) is 34.7 Å². The second kappa shape index (κ2) is 9.66. The van der Waals surface area contributed by atoms with E-state index in [9.17, 15) is 4.79 Å². The number of amides is 1. The van der Waals surface area contributed by atoms with Gasteiger partial charge < -0.3 is 14.4 Å². The van der Waals surface area contributed by atoms with E-state index in [4.69, 9.17) is 14.5 Å². The Bertz CT molecular complexity index is 1280. The average Bonchev–Trinajstić information content (AvgIpc) is 3.23. The van der Waals surface area contributed by atoms with Crippen LogP contribution < -0.4 is 9.47 Å². The van der Waals surface area contributed by atoms with Crippen molar-refractivity contribution in [2.24, 2.45) is 4.99 Å². The van der Waals surface area contributed by atoms with Gasteiger partial charge in [0.2, 0.25) is 11.9 Å². The van der Waals surface area contributed by atoms with E-state index in [0.717, 1.165) is 33.9 Å². The second-order valence-electron chi connectivity index (χ2n) is 8.87.